The Bertz CT molecular complexity index is 487. The zero-order chi connectivity index (χ0) is 13.2. The van der Waals surface area contributed by atoms with E-state index in [2.05, 4.69) is 5.32 Å². The highest BCUT2D eigenvalue weighted by molar-refractivity contribution is 5.88. The van der Waals surface area contributed by atoms with E-state index in [0.29, 0.717) is 0 Å². The number of benzene rings is 1. The minimum atomic E-state index is 0.0328. The molecule has 0 aliphatic carbocycles. The van der Waals surface area contributed by atoms with Crippen LogP contribution in [0, 0.1) is 20.8 Å². The summed E-state index contributed by atoms with van der Waals surface area (Å²) < 4.78 is 0. The summed E-state index contributed by atoms with van der Waals surface area (Å²) in [7, 11) is 0. The van der Waals surface area contributed by atoms with Crippen LogP contribution in [0.3, 0.4) is 0 Å². The van der Waals surface area contributed by atoms with Crippen LogP contribution in [0.15, 0.2) is 17.8 Å². The lowest BCUT2D eigenvalue weighted by molar-refractivity contribution is -0.112. The number of carbonyl (C=O) groups is 1. The maximum absolute atomic E-state index is 11.0. The van der Waals surface area contributed by atoms with Crippen molar-refractivity contribution in [3.05, 3.63) is 34.5 Å². The molecule has 0 saturated heterocycles. The van der Waals surface area contributed by atoms with Gasteiger partial charge in [-0.15, -0.1) is 0 Å². The molecule has 0 aliphatic heterocycles. The summed E-state index contributed by atoms with van der Waals surface area (Å²) in [5.41, 5.74) is 11.9. The standard InChI is InChI=1S/C14H20N2O/c1-8-6-9(2)14(12(5)13(8)15)16-10(3)7-11(4)17/h6-7,16H,15H2,1-5H3. The Morgan fingerprint density at radius 1 is 1.24 bits per heavy atom. The number of nitrogen functional groups attached to an aromatic ring is 1. The van der Waals surface area contributed by atoms with E-state index in [9.17, 15) is 4.79 Å². The van der Waals surface area contributed by atoms with Crippen molar-refractivity contribution in [3.63, 3.8) is 0 Å². The highest BCUT2D eigenvalue weighted by atomic mass is 16.1. The van der Waals surface area contributed by atoms with Gasteiger partial charge in [0, 0.05) is 17.1 Å². The second kappa shape index (κ2) is 5.04. The van der Waals surface area contributed by atoms with Crippen LogP contribution >= 0.6 is 0 Å². The van der Waals surface area contributed by atoms with Crippen molar-refractivity contribution in [3.8, 4) is 0 Å². The first-order valence-corrected chi connectivity index (χ1v) is 5.65. The Balaban J connectivity index is 3.16. The van der Waals surface area contributed by atoms with Crippen LogP contribution in [0.25, 0.3) is 0 Å². The fraction of sp³-hybridized carbons (Fsp3) is 0.357. The summed E-state index contributed by atoms with van der Waals surface area (Å²) in [5, 5.41) is 3.24. The van der Waals surface area contributed by atoms with E-state index >= 15 is 0 Å². The van der Waals surface area contributed by atoms with Crippen LogP contribution in [0.5, 0.6) is 0 Å². The van der Waals surface area contributed by atoms with Gasteiger partial charge in [0.25, 0.3) is 0 Å². The second-order valence-corrected chi connectivity index (χ2v) is 4.49. The molecule has 1 aromatic rings. The quantitative estimate of drug-likeness (QED) is 0.622. The summed E-state index contributed by atoms with van der Waals surface area (Å²) in [4.78, 5) is 11.0. The fourth-order valence-corrected chi connectivity index (χ4v) is 1.93. The molecule has 1 rings (SSSR count). The number of hydrogen-bond donors (Lipinski definition) is 2. The first-order chi connectivity index (χ1) is 7.82. The number of carbonyl (C=O) groups excluding carboxylic acids is 1. The number of aryl methyl sites for hydroxylation is 2. The van der Waals surface area contributed by atoms with Gasteiger partial charge in [-0.25, -0.2) is 0 Å². The molecule has 0 spiro atoms. The zero-order valence-electron chi connectivity index (χ0n) is 11.1. The molecule has 0 amide bonds. The van der Waals surface area contributed by atoms with Crippen molar-refractivity contribution in [1.29, 1.82) is 0 Å². The third-order valence-corrected chi connectivity index (χ3v) is 2.77. The van der Waals surface area contributed by atoms with Gasteiger partial charge in [0.05, 0.1) is 0 Å². The van der Waals surface area contributed by atoms with E-state index in [0.717, 1.165) is 33.8 Å². The summed E-state index contributed by atoms with van der Waals surface area (Å²) in [6, 6.07) is 2.05. The Labute approximate surface area is 103 Å². The van der Waals surface area contributed by atoms with Gasteiger partial charge in [-0.2, -0.15) is 0 Å². The minimum Gasteiger partial charge on any atom is -0.398 e. The van der Waals surface area contributed by atoms with Crippen LogP contribution in [-0.2, 0) is 4.79 Å². The van der Waals surface area contributed by atoms with Crippen LogP contribution in [-0.4, -0.2) is 5.78 Å². The molecule has 1 aromatic carbocycles. The van der Waals surface area contributed by atoms with Gasteiger partial charge in [0.2, 0.25) is 0 Å². The van der Waals surface area contributed by atoms with Crippen molar-refractivity contribution in [2.75, 3.05) is 11.1 Å². The molecule has 0 bridgehead atoms. The van der Waals surface area contributed by atoms with E-state index in [1.165, 1.54) is 6.92 Å². The average Bonchev–Trinajstić information content (AvgIpc) is 2.20. The van der Waals surface area contributed by atoms with Gasteiger partial charge in [-0.05, 0) is 57.4 Å². The molecular formula is C14H20N2O. The predicted octanol–water partition coefficient (Wildman–Crippen LogP) is 3.10. The normalized spacial score (nSPS) is 11.5. The second-order valence-electron chi connectivity index (χ2n) is 4.49. The summed E-state index contributed by atoms with van der Waals surface area (Å²) in [6.07, 6.45) is 1.58. The molecule has 0 heterocycles. The van der Waals surface area contributed by atoms with Gasteiger partial charge in [-0.1, -0.05) is 6.07 Å². The number of nitrogens with one attached hydrogen (secondary N) is 1. The molecule has 0 aliphatic rings. The molecule has 17 heavy (non-hydrogen) atoms. The van der Waals surface area contributed by atoms with Gasteiger partial charge < -0.3 is 11.1 Å². The molecular weight excluding hydrogens is 212 g/mol. The van der Waals surface area contributed by atoms with Crippen molar-refractivity contribution < 1.29 is 4.79 Å². The van der Waals surface area contributed by atoms with Gasteiger partial charge in [0.1, 0.15) is 0 Å². The minimum absolute atomic E-state index is 0.0328. The number of allylic oxidation sites excluding steroid dienone is 2. The largest absolute Gasteiger partial charge is 0.398 e. The molecule has 0 radical (unpaired) electrons. The van der Waals surface area contributed by atoms with Crippen molar-refractivity contribution in [2.24, 2.45) is 0 Å². The maximum atomic E-state index is 11.0. The molecule has 0 atom stereocenters. The van der Waals surface area contributed by atoms with Gasteiger partial charge in [-0.3, -0.25) is 4.79 Å². The van der Waals surface area contributed by atoms with Crippen LogP contribution < -0.4 is 11.1 Å². The first kappa shape index (κ1) is 13.3. The molecule has 92 valence electrons. The Kier molecular flexibility index (Phi) is 3.94. The number of anilines is 2. The molecule has 3 N–H and O–H groups in total. The highest BCUT2D eigenvalue weighted by Gasteiger charge is 2.08. The molecule has 3 heteroatoms. The first-order valence-electron chi connectivity index (χ1n) is 5.65. The predicted molar refractivity (Wildman–Crippen MR) is 73.1 cm³/mol. The molecule has 0 fully saturated rings. The van der Waals surface area contributed by atoms with E-state index in [-0.39, 0.29) is 5.78 Å². The number of ketones is 1. The zero-order valence-corrected chi connectivity index (χ0v) is 11.1. The third kappa shape index (κ3) is 3.09. The highest BCUT2D eigenvalue weighted by Crippen LogP contribution is 2.29. The SMILES string of the molecule is CC(=O)C=C(C)Nc1c(C)cc(C)c(N)c1C. The molecule has 0 unspecified atom stereocenters. The van der Waals surface area contributed by atoms with Crippen molar-refractivity contribution in [2.45, 2.75) is 34.6 Å². The summed E-state index contributed by atoms with van der Waals surface area (Å²) in [6.45, 7) is 9.42. The lowest BCUT2D eigenvalue weighted by Gasteiger charge is -2.16. The van der Waals surface area contributed by atoms with E-state index in [1.54, 1.807) is 6.08 Å². The Hall–Kier alpha value is -1.77. The Morgan fingerprint density at radius 2 is 1.82 bits per heavy atom. The smallest absolute Gasteiger partial charge is 0.154 e. The lowest BCUT2D eigenvalue weighted by atomic mass is 10.0. The summed E-state index contributed by atoms with van der Waals surface area (Å²) >= 11 is 0. The average molecular weight is 232 g/mol. The molecule has 3 nitrogen and oxygen atoms in total. The topological polar surface area (TPSA) is 55.1 Å². The van der Waals surface area contributed by atoms with Crippen LogP contribution in [0.4, 0.5) is 11.4 Å². The van der Waals surface area contributed by atoms with Crippen molar-refractivity contribution in [1.82, 2.24) is 0 Å². The van der Waals surface area contributed by atoms with Gasteiger partial charge in [0.15, 0.2) is 5.78 Å². The number of rotatable bonds is 3. The summed E-state index contributed by atoms with van der Waals surface area (Å²) in [5.74, 6) is 0.0328. The van der Waals surface area contributed by atoms with Crippen LogP contribution in [0.2, 0.25) is 0 Å². The third-order valence-electron chi connectivity index (χ3n) is 2.77. The maximum Gasteiger partial charge on any atom is 0.154 e. The number of hydrogen-bond acceptors (Lipinski definition) is 3. The van der Waals surface area contributed by atoms with Crippen LogP contribution in [0.1, 0.15) is 30.5 Å². The van der Waals surface area contributed by atoms with Gasteiger partial charge >= 0.3 is 0 Å². The van der Waals surface area contributed by atoms with E-state index in [1.807, 2.05) is 33.8 Å². The fourth-order valence-electron chi connectivity index (χ4n) is 1.93. The number of nitrogens with two attached hydrogens (primary N) is 1. The molecule has 0 aromatic heterocycles. The lowest BCUT2D eigenvalue weighted by Crippen LogP contribution is -2.05. The van der Waals surface area contributed by atoms with E-state index < -0.39 is 0 Å². The van der Waals surface area contributed by atoms with E-state index in [4.69, 9.17) is 5.73 Å². The molecule has 0 saturated carbocycles. The Morgan fingerprint density at radius 3 is 2.35 bits per heavy atom. The monoisotopic (exact) mass is 232 g/mol. The van der Waals surface area contributed by atoms with Crippen molar-refractivity contribution >= 4 is 17.2 Å².